The van der Waals surface area contributed by atoms with Crippen LogP contribution in [-0.2, 0) is 16.8 Å². The van der Waals surface area contributed by atoms with E-state index in [4.69, 9.17) is 0 Å². The highest BCUT2D eigenvalue weighted by molar-refractivity contribution is 7.87. The predicted octanol–water partition coefficient (Wildman–Crippen LogP) is -0.298. The monoisotopic (exact) mass is 308 g/mol. The largest absolute Gasteiger partial charge is 0.317 e. The third-order valence-electron chi connectivity index (χ3n) is 2.50. The molecule has 1 rings (SSSR count). The van der Waals surface area contributed by atoms with E-state index < -0.39 is 10.2 Å². The average Bonchev–Trinajstić information content (AvgIpc) is 2.78. The quantitative estimate of drug-likeness (QED) is 0.546. The molecule has 0 amide bonds. The molecular weight excluding hydrogens is 288 g/mol. The van der Waals surface area contributed by atoms with Gasteiger partial charge in [-0.05, 0) is 19.5 Å². The van der Waals surface area contributed by atoms with E-state index >= 15 is 0 Å². The lowest BCUT2D eigenvalue weighted by atomic mass is 10.4. The summed E-state index contributed by atoms with van der Waals surface area (Å²) in [6.45, 7) is 4.21. The van der Waals surface area contributed by atoms with Gasteiger partial charge in [0, 0.05) is 24.7 Å². The zero-order valence-corrected chi connectivity index (χ0v) is 12.7. The van der Waals surface area contributed by atoms with Gasteiger partial charge in [0.2, 0.25) is 0 Å². The van der Waals surface area contributed by atoms with Crippen molar-refractivity contribution in [3.63, 3.8) is 0 Å². The van der Waals surface area contributed by atoms with Crippen molar-refractivity contribution in [2.75, 3.05) is 26.7 Å². The molecule has 1 aromatic rings. The molecule has 0 aliphatic rings. The maximum absolute atomic E-state index is 11.9. The van der Waals surface area contributed by atoms with Gasteiger partial charge < -0.3 is 10.3 Å². The van der Waals surface area contributed by atoms with Gasteiger partial charge in [0.1, 0.15) is 0 Å². The van der Waals surface area contributed by atoms with E-state index in [-0.39, 0.29) is 11.4 Å². The highest BCUT2D eigenvalue weighted by Crippen LogP contribution is 1.99. The molecule has 9 heteroatoms. The normalized spacial score (nSPS) is 12.2. The minimum atomic E-state index is -3.50. The molecule has 0 aliphatic heterocycles. The fourth-order valence-corrected chi connectivity index (χ4v) is 2.91. The summed E-state index contributed by atoms with van der Waals surface area (Å²) in [4.78, 5) is 13.3. The number of aromatic amines is 1. The van der Waals surface area contributed by atoms with Crippen LogP contribution in [0, 0.1) is 0 Å². The first-order valence-electron chi connectivity index (χ1n) is 6.04. The van der Waals surface area contributed by atoms with Crippen LogP contribution in [0.3, 0.4) is 0 Å². The van der Waals surface area contributed by atoms with Crippen LogP contribution < -0.4 is 14.9 Å². The Balaban J connectivity index is 2.39. The Morgan fingerprint density at radius 3 is 2.79 bits per heavy atom. The van der Waals surface area contributed by atoms with Crippen LogP contribution in [0.25, 0.3) is 0 Å². The van der Waals surface area contributed by atoms with Crippen molar-refractivity contribution in [1.29, 1.82) is 0 Å². The standard InChI is InChI=1S/C10H20N4O3S2/c1-3-11-5-4-6-14(2)19(16,17)12-7-9-8-18-10(15)13-9/h8,11-12H,3-7H2,1-2H3,(H,13,15). The Bertz CT molecular complexity index is 523. The van der Waals surface area contributed by atoms with Crippen LogP contribution in [-0.4, -0.2) is 44.4 Å². The maximum atomic E-state index is 11.9. The highest BCUT2D eigenvalue weighted by Gasteiger charge is 2.16. The maximum Gasteiger partial charge on any atom is 0.304 e. The lowest BCUT2D eigenvalue weighted by Gasteiger charge is -2.17. The van der Waals surface area contributed by atoms with Gasteiger partial charge in [0.25, 0.3) is 10.2 Å². The van der Waals surface area contributed by atoms with E-state index in [0.29, 0.717) is 12.2 Å². The zero-order chi connectivity index (χ0) is 14.3. The van der Waals surface area contributed by atoms with Crippen molar-refractivity contribution < 1.29 is 8.42 Å². The number of nitrogens with one attached hydrogen (secondary N) is 3. The molecule has 0 aromatic carbocycles. The molecule has 0 radical (unpaired) electrons. The Morgan fingerprint density at radius 1 is 1.47 bits per heavy atom. The van der Waals surface area contributed by atoms with Crippen molar-refractivity contribution >= 4 is 21.5 Å². The summed E-state index contributed by atoms with van der Waals surface area (Å²) in [6.07, 6.45) is 0.751. The van der Waals surface area contributed by atoms with Gasteiger partial charge in [-0.2, -0.15) is 17.4 Å². The highest BCUT2D eigenvalue weighted by atomic mass is 32.2. The zero-order valence-electron chi connectivity index (χ0n) is 11.1. The van der Waals surface area contributed by atoms with Crippen LogP contribution in [0.4, 0.5) is 0 Å². The smallest absolute Gasteiger partial charge is 0.304 e. The fraction of sp³-hybridized carbons (Fsp3) is 0.700. The number of hydrogen-bond acceptors (Lipinski definition) is 5. The van der Waals surface area contributed by atoms with Crippen LogP contribution in [0.2, 0.25) is 0 Å². The molecule has 0 saturated carbocycles. The lowest BCUT2D eigenvalue weighted by molar-refractivity contribution is 0.445. The SMILES string of the molecule is CCNCCCN(C)S(=O)(=O)NCc1csc(=O)[nH]1. The number of thiazole rings is 1. The van der Waals surface area contributed by atoms with E-state index in [1.54, 1.807) is 5.38 Å². The van der Waals surface area contributed by atoms with Crippen LogP contribution in [0.5, 0.6) is 0 Å². The van der Waals surface area contributed by atoms with E-state index in [0.717, 1.165) is 30.8 Å². The molecule has 0 saturated heterocycles. The number of H-pyrrole nitrogens is 1. The Labute approximate surface area is 117 Å². The molecular formula is C10H20N4O3S2. The summed E-state index contributed by atoms with van der Waals surface area (Å²) in [5.41, 5.74) is 0.569. The third-order valence-corrected chi connectivity index (χ3v) is 4.73. The summed E-state index contributed by atoms with van der Waals surface area (Å²) < 4.78 is 27.5. The van der Waals surface area contributed by atoms with Gasteiger partial charge in [-0.25, -0.2) is 0 Å². The van der Waals surface area contributed by atoms with Crippen molar-refractivity contribution in [3.8, 4) is 0 Å². The summed E-state index contributed by atoms with van der Waals surface area (Å²) >= 11 is 1.01. The molecule has 1 heterocycles. The van der Waals surface area contributed by atoms with Crippen molar-refractivity contribution in [2.45, 2.75) is 19.9 Å². The molecule has 0 bridgehead atoms. The minimum absolute atomic E-state index is 0.0959. The second-order valence-electron chi connectivity index (χ2n) is 4.03. The summed E-state index contributed by atoms with van der Waals surface area (Å²) in [6, 6.07) is 0. The first kappa shape index (κ1) is 16.3. The lowest BCUT2D eigenvalue weighted by Crippen LogP contribution is -2.39. The van der Waals surface area contributed by atoms with E-state index in [9.17, 15) is 13.2 Å². The molecule has 0 fully saturated rings. The van der Waals surface area contributed by atoms with Crippen molar-refractivity contribution in [2.24, 2.45) is 0 Å². The fourth-order valence-electron chi connectivity index (χ4n) is 1.40. The summed E-state index contributed by atoms with van der Waals surface area (Å²) in [5, 5.41) is 4.74. The third kappa shape index (κ3) is 5.83. The van der Waals surface area contributed by atoms with Gasteiger partial charge in [0.15, 0.2) is 0 Å². The van der Waals surface area contributed by atoms with E-state index in [1.165, 1.54) is 11.4 Å². The average molecular weight is 308 g/mol. The second kappa shape index (κ2) is 7.75. The van der Waals surface area contributed by atoms with E-state index in [1.807, 2.05) is 6.92 Å². The van der Waals surface area contributed by atoms with Crippen LogP contribution in [0.1, 0.15) is 19.0 Å². The predicted molar refractivity (Wildman–Crippen MR) is 76.5 cm³/mol. The minimum Gasteiger partial charge on any atom is -0.317 e. The molecule has 0 spiro atoms. The van der Waals surface area contributed by atoms with Crippen molar-refractivity contribution in [3.05, 3.63) is 20.7 Å². The van der Waals surface area contributed by atoms with Gasteiger partial charge in [0.05, 0.1) is 6.54 Å². The van der Waals surface area contributed by atoms with Crippen LogP contribution >= 0.6 is 11.3 Å². The first-order chi connectivity index (χ1) is 8.95. The Kier molecular flexibility index (Phi) is 6.66. The molecule has 0 aliphatic carbocycles. The molecule has 3 N–H and O–H groups in total. The van der Waals surface area contributed by atoms with Gasteiger partial charge >= 0.3 is 4.87 Å². The number of nitrogens with zero attached hydrogens (tertiary/aromatic N) is 1. The van der Waals surface area contributed by atoms with Crippen molar-refractivity contribution in [1.82, 2.24) is 19.3 Å². The molecule has 110 valence electrons. The summed E-state index contributed by atoms with van der Waals surface area (Å²) in [5.74, 6) is 0. The number of hydrogen-bond donors (Lipinski definition) is 3. The summed E-state index contributed by atoms with van der Waals surface area (Å²) in [7, 11) is -1.97. The van der Waals surface area contributed by atoms with Gasteiger partial charge in [-0.15, -0.1) is 0 Å². The van der Waals surface area contributed by atoms with Crippen LogP contribution in [0.15, 0.2) is 10.2 Å². The van der Waals surface area contributed by atoms with E-state index in [2.05, 4.69) is 15.0 Å². The molecule has 0 unspecified atom stereocenters. The van der Waals surface area contributed by atoms with Gasteiger partial charge in [-0.1, -0.05) is 18.3 Å². The number of rotatable bonds is 9. The first-order valence-corrected chi connectivity index (χ1v) is 8.36. The molecule has 19 heavy (non-hydrogen) atoms. The molecule has 1 aromatic heterocycles. The second-order valence-corrected chi connectivity index (χ2v) is 6.73. The van der Waals surface area contributed by atoms with Gasteiger partial charge in [-0.3, -0.25) is 4.79 Å². The Morgan fingerprint density at radius 2 is 2.21 bits per heavy atom. The molecule has 0 atom stereocenters. The Hall–Kier alpha value is -0.740. The topological polar surface area (TPSA) is 94.3 Å². The number of aromatic nitrogens is 1. The molecule has 7 nitrogen and oxygen atoms in total.